The number of hydrazine groups is 2. The van der Waals surface area contributed by atoms with Crippen LogP contribution in [0.4, 0.5) is 11.4 Å². The lowest BCUT2D eigenvalue weighted by molar-refractivity contribution is -0.109. The van der Waals surface area contributed by atoms with Crippen molar-refractivity contribution >= 4 is 17.7 Å². The van der Waals surface area contributed by atoms with Gasteiger partial charge in [0, 0.05) is 5.54 Å². The molecule has 0 aliphatic carbocycles. The second-order valence-electron chi connectivity index (χ2n) is 9.24. The molecule has 1 heterocycles. The fraction of sp³-hybridized carbons (Fsp3) is 0.435. The fourth-order valence-electron chi connectivity index (χ4n) is 3.72. The van der Waals surface area contributed by atoms with Crippen LogP contribution in [0.25, 0.3) is 0 Å². The van der Waals surface area contributed by atoms with Crippen LogP contribution >= 0.6 is 0 Å². The summed E-state index contributed by atoms with van der Waals surface area (Å²) in [5, 5.41) is 19.4. The third kappa shape index (κ3) is 4.54. The number of anilines is 2. The van der Waals surface area contributed by atoms with Gasteiger partial charge in [-0.25, -0.2) is 5.01 Å². The molecule has 3 rings (SSSR count). The molecule has 1 N–H and O–H groups in total. The van der Waals surface area contributed by atoms with E-state index in [1.54, 1.807) is 11.3 Å². The van der Waals surface area contributed by atoms with Crippen LogP contribution in [0.15, 0.2) is 65.7 Å². The first-order valence-electron chi connectivity index (χ1n) is 10.0. The van der Waals surface area contributed by atoms with Crippen molar-refractivity contribution in [3.8, 4) is 0 Å². The minimum Gasteiger partial charge on any atom is -0.358 e. The highest BCUT2D eigenvalue weighted by Gasteiger charge is 2.40. The summed E-state index contributed by atoms with van der Waals surface area (Å²) in [6.45, 7) is 13.1. The molecule has 29 heavy (non-hydrogen) atoms. The standard InChI is InChI=1S/C23H33N5O/c1-22(2,3)27(19-13-9-7-10-14-19)25-17-24-18-26(21(25)29)28(23(4,5)6)20-15-11-8-12-16-20/h7-17,21,29H,18H2,1-6H3. The van der Waals surface area contributed by atoms with E-state index in [0.29, 0.717) is 6.67 Å². The molecule has 0 amide bonds. The first kappa shape index (κ1) is 21.1. The van der Waals surface area contributed by atoms with E-state index in [2.05, 4.69) is 68.7 Å². The normalized spacial score (nSPS) is 18.0. The highest BCUT2D eigenvalue weighted by Crippen LogP contribution is 2.32. The predicted molar refractivity (Wildman–Crippen MR) is 120 cm³/mol. The molecule has 1 aliphatic heterocycles. The van der Waals surface area contributed by atoms with Crippen LogP contribution in [0.1, 0.15) is 41.5 Å². The topological polar surface area (TPSA) is 45.5 Å². The van der Waals surface area contributed by atoms with Crippen molar-refractivity contribution in [2.24, 2.45) is 4.99 Å². The molecule has 0 spiro atoms. The Labute approximate surface area is 174 Å². The van der Waals surface area contributed by atoms with Gasteiger partial charge >= 0.3 is 0 Å². The van der Waals surface area contributed by atoms with Gasteiger partial charge in [0.05, 0.1) is 16.9 Å². The Balaban J connectivity index is 2.01. The molecular weight excluding hydrogens is 362 g/mol. The summed E-state index contributed by atoms with van der Waals surface area (Å²) in [5.41, 5.74) is 1.49. The minimum atomic E-state index is -0.911. The fourth-order valence-corrected chi connectivity index (χ4v) is 3.72. The minimum absolute atomic E-state index is 0.250. The van der Waals surface area contributed by atoms with E-state index < -0.39 is 6.35 Å². The Bertz CT molecular complexity index is 811. The van der Waals surface area contributed by atoms with Gasteiger partial charge < -0.3 is 5.11 Å². The highest BCUT2D eigenvalue weighted by molar-refractivity contribution is 5.62. The van der Waals surface area contributed by atoms with Crippen molar-refractivity contribution in [3.63, 3.8) is 0 Å². The van der Waals surface area contributed by atoms with E-state index in [0.717, 1.165) is 11.4 Å². The van der Waals surface area contributed by atoms with Gasteiger partial charge in [0.15, 0.2) is 0 Å². The molecule has 0 radical (unpaired) electrons. The number of aliphatic imine (C=N–C) groups is 1. The van der Waals surface area contributed by atoms with Gasteiger partial charge in [-0.1, -0.05) is 36.4 Å². The van der Waals surface area contributed by atoms with E-state index >= 15 is 0 Å². The first-order chi connectivity index (χ1) is 13.6. The van der Waals surface area contributed by atoms with E-state index in [-0.39, 0.29) is 11.1 Å². The molecule has 0 fully saturated rings. The number of nitrogens with zero attached hydrogens (tertiary/aromatic N) is 5. The summed E-state index contributed by atoms with van der Waals surface area (Å²) in [7, 11) is 0. The second kappa shape index (κ2) is 8.05. The molecule has 156 valence electrons. The van der Waals surface area contributed by atoms with Crippen molar-refractivity contribution in [2.75, 3.05) is 16.7 Å². The largest absolute Gasteiger partial charge is 0.358 e. The van der Waals surface area contributed by atoms with Gasteiger partial charge in [-0.15, -0.1) is 0 Å². The van der Waals surface area contributed by atoms with E-state index in [1.165, 1.54) is 0 Å². The Kier molecular flexibility index (Phi) is 5.87. The number of aliphatic hydroxyl groups is 1. The average molecular weight is 396 g/mol. The molecule has 0 aromatic heterocycles. The monoisotopic (exact) mass is 395 g/mol. The number of benzene rings is 2. The zero-order valence-electron chi connectivity index (χ0n) is 18.3. The van der Waals surface area contributed by atoms with Crippen LogP contribution in [-0.4, -0.2) is 45.6 Å². The van der Waals surface area contributed by atoms with Crippen LogP contribution in [0.2, 0.25) is 0 Å². The van der Waals surface area contributed by atoms with Gasteiger partial charge in [0.25, 0.3) is 0 Å². The van der Waals surface area contributed by atoms with E-state index in [1.807, 2.05) is 53.5 Å². The molecule has 1 unspecified atom stereocenters. The number of rotatable bonds is 4. The molecule has 2 aromatic carbocycles. The Hall–Kier alpha value is -2.57. The quantitative estimate of drug-likeness (QED) is 0.836. The summed E-state index contributed by atoms with van der Waals surface area (Å²) in [6, 6.07) is 20.2. The van der Waals surface area contributed by atoms with Crippen LogP contribution in [-0.2, 0) is 0 Å². The van der Waals surface area contributed by atoms with Crippen LogP contribution < -0.4 is 10.0 Å². The van der Waals surface area contributed by atoms with Crippen LogP contribution in [0, 0.1) is 0 Å². The van der Waals surface area contributed by atoms with Gasteiger partial charge in [0.2, 0.25) is 6.35 Å². The number of hydrogen-bond donors (Lipinski definition) is 1. The molecule has 6 nitrogen and oxygen atoms in total. The molecule has 1 aliphatic rings. The van der Waals surface area contributed by atoms with Crippen molar-refractivity contribution in [2.45, 2.75) is 59.0 Å². The maximum Gasteiger partial charge on any atom is 0.224 e. The van der Waals surface area contributed by atoms with Crippen molar-refractivity contribution in [3.05, 3.63) is 60.7 Å². The van der Waals surface area contributed by atoms with Gasteiger partial charge in [-0.3, -0.25) is 15.0 Å². The highest BCUT2D eigenvalue weighted by atomic mass is 16.3. The number of para-hydroxylation sites is 2. The molecule has 2 aromatic rings. The van der Waals surface area contributed by atoms with Gasteiger partial charge in [-0.05, 0) is 65.8 Å². The first-order valence-corrected chi connectivity index (χ1v) is 10.0. The number of hydrogen-bond acceptors (Lipinski definition) is 6. The van der Waals surface area contributed by atoms with E-state index in [4.69, 9.17) is 0 Å². The maximum absolute atomic E-state index is 11.5. The third-order valence-electron chi connectivity index (χ3n) is 4.69. The Morgan fingerprint density at radius 2 is 1.24 bits per heavy atom. The summed E-state index contributed by atoms with van der Waals surface area (Å²) >= 11 is 0. The van der Waals surface area contributed by atoms with Gasteiger partial charge in [-0.2, -0.15) is 5.01 Å². The summed E-state index contributed by atoms with van der Waals surface area (Å²) in [5.74, 6) is 0. The molecule has 0 saturated heterocycles. The zero-order chi connectivity index (χ0) is 21.2. The molecule has 0 saturated carbocycles. The molecule has 1 atom stereocenters. The van der Waals surface area contributed by atoms with Crippen molar-refractivity contribution in [1.82, 2.24) is 10.0 Å². The third-order valence-corrected chi connectivity index (χ3v) is 4.69. The Morgan fingerprint density at radius 1 is 0.793 bits per heavy atom. The average Bonchev–Trinajstić information content (AvgIpc) is 2.64. The van der Waals surface area contributed by atoms with E-state index in [9.17, 15) is 5.11 Å². The summed E-state index contributed by atoms with van der Waals surface area (Å²) < 4.78 is 0. The lowest BCUT2D eigenvalue weighted by Crippen LogP contribution is -2.68. The lowest BCUT2D eigenvalue weighted by Gasteiger charge is -2.53. The number of aliphatic hydroxyl groups excluding tert-OH is 1. The Morgan fingerprint density at radius 3 is 1.69 bits per heavy atom. The molecule has 0 bridgehead atoms. The maximum atomic E-state index is 11.5. The molecule has 6 heteroatoms. The lowest BCUT2D eigenvalue weighted by atomic mass is 10.1. The summed E-state index contributed by atoms with van der Waals surface area (Å²) in [6.07, 6.45) is 0.817. The van der Waals surface area contributed by atoms with Crippen molar-refractivity contribution < 1.29 is 5.11 Å². The van der Waals surface area contributed by atoms with Crippen LogP contribution in [0.3, 0.4) is 0 Å². The molecular formula is C23H33N5O. The summed E-state index contributed by atoms with van der Waals surface area (Å²) in [4.78, 5) is 4.59. The SMILES string of the molecule is CC(C)(C)N(c1ccccc1)N1C=NCN(N(c2ccccc2)C(C)(C)C)C1O. The zero-order valence-corrected chi connectivity index (χ0v) is 18.3. The van der Waals surface area contributed by atoms with Crippen molar-refractivity contribution in [1.29, 1.82) is 0 Å². The smallest absolute Gasteiger partial charge is 0.224 e. The predicted octanol–water partition coefficient (Wildman–Crippen LogP) is 4.31. The van der Waals surface area contributed by atoms with Gasteiger partial charge in [0.1, 0.15) is 13.0 Å². The van der Waals surface area contributed by atoms with Crippen LogP contribution in [0.5, 0.6) is 0 Å². The second-order valence-corrected chi connectivity index (χ2v) is 9.24.